The van der Waals surface area contributed by atoms with Gasteiger partial charge < -0.3 is 10.1 Å². The number of fused-ring (bicyclic) bond motifs is 1. The van der Waals surface area contributed by atoms with Crippen molar-refractivity contribution in [3.05, 3.63) is 70.4 Å². The SMILES string of the molecule is COC1=C2CC(NC(=O)c3cn(C)nc3C)=NC2=C(c2ccccc2)CC1. The van der Waals surface area contributed by atoms with Crippen LogP contribution in [0, 0.1) is 6.92 Å². The first-order valence-electron chi connectivity index (χ1n) is 9.01. The third-order valence-corrected chi connectivity index (χ3v) is 4.99. The van der Waals surface area contributed by atoms with E-state index in [1.165, 1.54) is 11.1 Å². The summed E-state index contributed by atoms with van der Waals surface area (Å²) in [4.78, 5) is 17.4. The summed E-state index contributed by atoms with van der Waals surface area (Å²) in [6, 6.07) is 10.3. The molecule has 2 aromatic rings. The van der Waals surface area contributed by atoms with Crippen LogP contribution >= 0.6 is 0 Å². The number of amidine groups is 1. The van der Waals surface area contributed by atoms with Crippen LogP contribution in [0.4, 0.5) is 0 Å². The number of amides is 1. The fourth-order valence-electron chi connectivity index (χ4n) is 3.72. The van der Waals surface area contributed by atoms with Crippen LogP contribution in [0.25, 0.3) is 5.57 Å². The van der Waals surface area contributed by atoms with Crippen molar-refractivity contribution in [2.45, 2.75) is 26.2 Å². The summed E-state index contributed by atoms with van der Waals surface area (Å²) in [7, 11) is 3.50. The molecule has 6 nitrogen and oxygen atoms in total. The fourth-order valence-corrected chi connectivity index (χ4v) is 3.72. The molecule has 0 radical (unpaired) electrons. The van der Waals surface area contributed by atoms with Crippen LogP contribution in [-0.4, -0.2) is 28.6 Å². The van der Waals surface area contributed by atoms with E-state index in [9.17, 15) is 4.79 Å². The number of methoxy groups -OCH3 is 1. The maximum Gasteiger partial charge on any atom is 0.260 e. The second kappa shape index (κ2) is 6.87. The Balaban J connectivity index is 1.68. The van der Waals surface area contributed by atoms with Gasteiger partial charge in [0, 0.05) is 31.7 Å². The first-order valence-corrected chi connectivity index (χ1v) is 9.01. The molecule has 1 aliphatic carbocycles. The molecule has 1 amide bonds. The monoisotopic (exact) mass is 362 g/mol. The van der Waals surface area contributed by atoms with Crippen LogP contribution in [0.3, 0.4) is 0 Å². The highest BCUT2D eigenvalue weighted by atomic mass is 16.5. The van der Waals surface area contributed by atoms with Gasteiger partial charge >= 0.3 is 0 Å². The number of nitrogens with one attached hydrogen (secondary N) is 1. The number of hydrogen-bond acceptors (Lipinski definition) is 4. The second-order valence-corrected chi connectivity index (χ2v) is 6.79. The van der Waals surface area contributed by atoms with E-state index in [1.54, 1.807) is 25.0 Å². The second-order valence-electron chi connectivity index (χ2n) is 6.79. The molecular weight excluding hydrogens is 340 g/mol. The maximum atomic E-state index is 12.6. The van der Waals surface area contributed by atoms with Crippen molar-refractivity contribution < 1.29 is 9.53 Å². The van der Waals surface area contributed by atoms with E-state index in [4.69, 9.17) is 9.73 Å². The van der Waals surface area contributed by atoms with Gasteiger partial charge in [-0.15, -0.1) is 0 Å². The van der Waals surface area contributed by atoms with E-state index in [0.29, 0.717) is 23.5 Å². The molecule has 0 saturated carbocycles. The van der Waals surface area contributed by atoms with Crippen LogP contribution in [0.5, 0.6) is 0 Å². The van der Waals surface area contributed by atoms with Crippen molar-refractivity contribution in [2.75, 3.05) is 7.11 Å². The minimum absolute atomic E-state index is 0.181. The lowest BCUT2D eigenvalue weighted by atomic mass is 9.89. The molecule has 1 aliphatic heterocycles. The van der Waals surface area contributed by atoms with Gasteiger partial charge in [0.15, 0.2) is 0 Å². The predicted octanol–water partition coefficient (Wildman–Crippen LogP) is 3.37. The van der Waals surface area contributed by atoms with Crippen LogP contribution in [0.15, 0.2) is 58.6 Å². The van der Waals surface area contributed by atoms with E-state index in [2.05, 4.69) is 22.5 Å². The number of aromatic nitrogens is 2. The van der Waals surface area contributed by atoms with Crippen molar-refractivity contribution >= 4 is 17.3 Å². The minimum Gasteiger partial charge on any atom is -0.501 e. The highest BCUT2D eigenvalue weighted by Gasteiger charge is 2.30. The molecule has 0 spiro atoms. The topological polar surface area (TPSA) is 68.5 Å². The van der Waals surface area contributed by atoms with E-state index >= 15 is 0 Å². The van der Waals surface area contributed by atoms with Crippen molar-refractivity contribution in [3.8, 4) is 0 Å². The van der Waals surface area contributed by atoms with Gasteiger partial charge in [-0.2, -0.15) is 5.10 Å². The summed E-state index contributed by atoms with van der Waals surface area (Å²) < 4.78 is 7.24. The lowest BCUT2D eigenvalue weighted by Crippen LogP contribution is -2.29. The zero-order chi connectivity index (χ0) is 19.0. The zero-order valence-electron chi connectivity index (χ0n) is 15.7. The number of allylic oxidation sites excluding steroid dienone is 3. The summed E-state index contributed by atoms with van der Waals surface area (Å²) in [6.45, 7) is 1.83. The maximum absolute atomic E-state index is 12.6. The molecule has 0 bridgehead atoms. The number of carbonyl (C=O) groups excluding carboxylic acids is 1. The van der Waals surface area contributed by atoms with Gasteiger partial charge in [-0.3, -0.25) is 9.48 Å². The highest BCUT2D eigenvalue weighted by Crippen LogP contribution is 2.41. The molecule has 138 valence electrons. The van der Waals surface area contributed by atoms with Crippen molar-refractivity contribution in [1.82, 2.24) is 15.1 Å². The summed E-state index contributed by atoms with van der Waals surface area (Å²) in [5, 5.41) is 7.19. The average Bonchev–Trinajstić information content (AvgIpc) is 3.24. The third-order valence-electron chi connectivity index (χ3n) is 4.99. The Labute approximate surface area is 158 Å². The summed E-state index contributed by atoms with van der Waals surface area (Å²) in [5.41, 5.74) is 5.64. The van der Waals surface area contributed by atoms with E-state index in [1.807, 2.05) is 25.1 Å². The van der Waals surface area contributed by atoms with Crippen LogP contribution < -0.4 is 5.32 Å². The highest BCUT2D eigenvalue weighted by molar-refractivity contribution is 6.09. The quantitative estimate of drug-likeness (QED) is 0.910. The number of nitrogens with zero attached hydrogens (tertiary/aromatic N) is 3. The van der Waals surface area contributed by atoms with Crippen molar-refractivity contribution in [1.29, 1.82) is 0 Å². The Hall–Kier alpha value is -3.15. The van der Waals surface area contributed by atoms with Crippen molar-refractivity contribution in [3.63, 3.8) is 0 Å². The molecule has 0 atom stereocenters. The molecule has 0 saturated heterocycles. The standard InChI is InChI=1S/C21H22N4O2/c1-13-17(12-25(2)24-13)21(26)23-19-11-16-18(27-3)10-9-15(20(16)22-19)14-7-5-4-6-8-14/h4-8,12H,9-11H2,1-3H3,(H,22,23,26). The van der Waals surface area contributed by atoms with Gasteiger partial charge in [0.25, 0.3) is 5.91 Å². The molecular formula is C21H22N4O2. The predicted molar refractivity (Wildman–Crippen MR) is 104 cm³/mol. The molecule has 1 N–H and O–H groups in total. The number of carbonyl (C=O) groups is 1. The Morgan fingerprint density at radius 3 is 2.63 bits per heavy atom. The Kier molecular flexibility index (Phi) is 4.39. The first-order chi connectivity index (χ1) is 13.1. The molecule has 4 rings (SSSR count). The Morgan fingerprint density at radius 2 is 1.96 bits per heavy atom. The molecule has 27 heavy (non-hydrogen) atoms. The molecule has 2 aliphatic rings. The normalized spacial score (nSPS) is 16.3. The summed E-state index contributed by atoms with van der Waals surface area (Å²) in [5.74, 6) is 1.42. The fraction of sp³-hybridized carbons (Fsp3) is 0.286. The lowest BCUT2D eigenvalue weighted by Gasteiger charge is -2.20. The smallest absolute Gasteiger partial charge is 0.260 e. The van der Waals surface area contributed by atoms with Crippen LogP contribution in [0.2, 0.25) is 0 Å². The minimum atomic E-state index is -0.181. The number of benzene rings is 1. The van der Waals surface area contributed by atoms with Gasteiger partial charge in [-0.1, -0.05) is 30.3 Å². The molecule has 6 heteroatoms. The zero-order valence-corrected chi connectivity index (χ0v) is 15.7. The molecule has 2 heterocycles. The number of rotatable bonds is 3. The largest absolute Gasteiger partial charge is 0.501 e. The number of hydrogen-bond donors (Lipinski definition) is 1. The van der Waals surface area contributed by atoms with Gasteiger partial charge in [0.05, 0.1) is 24.1 Å². The Bertz CT molecular complexity index is 996. The van der Waals surface area contributed by atoms with Crippen LogP contribution in [0.1, 0.15) is 40.9 Å². The summed E-state index contributed by atoms with van der Waals surface area (Å²) in [6.07, 6.45) is 4.01. The van der Waals surface area contributed by atoms with E-state index < -0.39 is 0 Å². The number of aliphatic imine (C=N–C) groups is 1. The van der Waals surface area contributed by atoms with Crippen LogP contribution in [-0.2, 0) is 11.8 Å². The molecule has 1 aromatic carbocycles. The van der Waals surface area contributed by atoms with Gasteiger partial charge in [-0.05, 0) is 24.5 Å². The van der Waals surface area contributed by atoms with Crippen molar-refractivity contribution in [2.24, 2.45) is 12.0 Å². The lowest BCUT2D eigenvalue weighted by molar-refractivity contribution is 0.0976. The van der Waals surface area contributed by atoms with E-state index in [-0.39, 0.29) is 5.91 Å². The average molecular weight is 362 g/mol. The third kappa shape index (κ3) is 3.18. The first kappa shape index (κ1) is 17.3. The summed E-state index contributed by atoms with van der Waals surface area (Å²) >= 11 is 0. The number of ether oxygens (including phenoxy) is 1. The van der Waals surface area contributed by atoms with Gasteiger partial charge in [-0.25, -0.2) is 4.99 Å². The molecule has 0 unspecified atom stereocenters. The van der Waals surface area contributed by atoms with E-state index in [0.717, 1.165) is 29.9 Å². The van der Waals surface area contributed by atoms with Gasteiger partial charge in [0.1, 0.15) is 11.6 Å². The van der Waals surface area contributed by atoms with Gasteiger partial charge in [0.2, 0.25) is 0 Å². The molecule has 0 fully saturated rings. The number of aryl methyl sites for hydroxylation is 2. The molecule has 1 aromatic heterocycles. The Morgan fingerprint density at radius 1 is 1.19 bits per heavy atom.